The lowest BCUT2D eigenvalue weighted by atomic mass is 10.6. The molecule has 0 aliphatic rings. The Morgan fingerprint density at radius 2 is 1.54 bits per heavy atom. The van der Waals surface area contributed by atoms with Crippen LogP contribution < -0.4 is 0 Å². The second-order valence-corrected chi connectivity index (χ2v) is 1.92. The van der Waals surface area contributed by atoms with Gasteiger partial charge in [0.15, 0.2) is 0 Å². The van der Waals surface area contributed by atoms with Crippen LogP contribution in [0.25, 0.3) is 0 Å². The van der Waals surface area contributed by atoms with Crippen LogP contribution in [-0.2, 0) is 14.3 Å². The van der Waals surface area contributed by atoms with Crippen LogP contribution in [0.2, 0.25) is 0 Å². The Morgan fingerprint density at radius 3 is 1.77 bits per heavy atom. The molecule has 2 amide bonds. The molecule has 0 aromatic rings. The summed E-state index contributed by atoms with van der Waals surface area (Å²) in [4.78, 5) is 32.1. The molecule has 0 aliphatic heterocycles. The van der Waals surface area contributed by atoms with Gasteiger partial charge in [0.05, 0.1) is 14.2 Å². The zero-order chi connectivity index (χ0) is 10.4. The lowest BCUT2D eigenvalue weighted by molar-refractivity contribution is -0.137. The Balaban J connectivity index is 4.45. The first kappa shape index (κ1) is 11.2. The van der Waals surface area contributed by atoms with E-state index in [-0.39, 0.29) is 0 Å². The minimum absolute atomic E-state index is 0.322. The van der Waals surface area contributed by atoms with Crippen LogP contribution in [0.1, 0.15) is 0 Å². The Bertz CT molecular complexity index is 209. The van der Waals surface area contributed by atoms with E-state index < -0.39 is 24.7 Å². The van der Waals surface area contributed by atoms with E-state index in [2.05, 4.69) is 9.47 Å². The van der Waals surface area contributed by atoms with Crippen molar-refractivity contribution in [2.24, 2.45) is 0 Å². The second kappa shape index (κ2) is 4.96. The number of nitrogens with zero attached hydrogens (tertiary/aromatic N) is 1. The average Bonchev–Trinajstić information content (AvgIpc) is 2.11. The highest BCUT2D eigenvalue weighted by Crippen LogP contribution is 1.96. The van der Waals surface area contributed by atoms with Crippen molar-refractivity contribution in [3.63, 3.8) is 0 Å². The number of carbonyl (C=O) groups is 3. The van der Waals surface area contributed by atoms with Gasteiger partial charge in [-0.25, -0.2) is 14.5 Å². The van der Waals surface area contributed by atoms with Crippen LogP contribution in [0.4, 0.5) is 9.59 Å². The third-order valence-electron chi connectivity index (χ3n) is 1.08. The van der Waals surface area contributed by atoms with E-state index in [4.69, 9.17) is 5.11 Å². The van der Waals surface area contributed by atoms with Gasteiger partial charge in [0.1, 0.15) is 6.54 Å². The summed E-state index contributed by atoms with van der Waals surface area (Å²) in [5.41, 5.74) is 0. The first-order valence-electron chi connectivity index (χ1n) is 3.18. The molecule has 7 heteroatoms. The van der Waals surface area contributed by atoms with Gasteiger partial charge in [0.25, 0.3) is 0 Å². The Labute approximate surface area is 73.8 Å². The number of hydrogen-bond acceptors (Lipinski definition) is 5. The molecule has 0 heterocycles. The fourth-order valence-electron chi connectivity index (χ4n) is 0.559. The summed E-state index contributed by atoms with van der Waals surface area (Å²) >= 11 is 0. The number of carboxylic acid groups (broad SMARTS) is 1. The van der Waals surface area contributed by atoms with Gasteiger partial charge < -0.3 is 14.6 Å². The van der Waals surface area contributed by atoms with Crippen LogP contribution in [0.5, 0.6) is 0 Å². The summed E-state index contributed by atoms with van der Waals surface area (Å²) in [6.45, 7) is -0.792. The van der Waals surface area contributed by atoms with E-state index in [1.807, 2.05) is 0 Å². The molecule has 0 aromatic carbocycles. The molecule has 0 saturated carbocycles. The number of carbonyl (C=O) groups excluding carboxylic acids is 2. The van der Waals surface area contributed by atoms with Gasteiger partial charge in [0.2, 0.25) is 0 Å². The lowest BCUT2D eigenvalue weighted by Gasteiger charge is -2.14. The maximum atomic E-state index is 10.8. The van der Waals surface area contributed by atoms with Crippen molar-refractivity contribution in [2.45, 2.75) is 0 Å². The highest BCUT2D eigenvalue weighted by Gasteiger charge is 2.25. The number of hydrogen-bond donors (Lipinski definition) is 1. The van der Waals surface area contributed by atoms with Gasteiger partial charge in [0, 0.05) is 0 Å². The number of rotatable bonds is 2. The van der Waals surface area contributed by atoms with E-state index >= 15 is 0 Å². The van der Waals surface area contributed by atoms with E-state index in [1.165, 1.54) is 0 Å². The third-order valence-corrected chi connectivity index (χ3v) is 1.08. The predicted molar refractivity (Wildman–Crippen MR) is 39.2 cm³/mol. The minimum atomic E-state index is -1.34. The van der Waals surface area contributed by atoms with Gasteiger partial charge >= 0.3 is 18.2 Å². The number of methoxy groups -OCH3 is 2. The molecule has 0 fully saturated rings. The zero-order valence-corrected chi connectivity index (χ0v) is 7.14. The van der Waals surface area contributed by atoms with Crippen LogP contribution in [0.3, 0.4) is 0 Å². The molecule has 0 unspecified atom stereocenters. The third kappa shape index (κ3) is 3.41. The molecule has 1 N–H and O–H groups in total. The van der Waals surface area contributed by atoms with E-state index in [0.717, 1.165) is 14.2 Å². The van der Waals surface area contributed by atoms with E-state index in [1.54, 1.807) is 0 Å². The smallest absolute Gasteiger partial charge is 0.419 e. The monoisotopic (exact) mass is 191 g/mol. The van der Waals surface area contributed by atoms with Crippen LogP contribution >= 0.6 is 0 Å². The molecule has 0 aliphatic carbocycles. The fourth-order valence-corrected chi connectivity index (χ4v) is 0.559. The van der Waals surface area contributed by atoms with Crippen molar-refractivity contribution in [3.8, 4) is 0 Å². The summed E-state index contributed by atoms with van der Waals surface area (Å²) in [6.07, 6.45) is -2.15. The minimum Gasteiger partial charge on any atom is -0.480 e. The molecule has 7 nitrogen and oxygen atoms in total. The van der Waals surface area contributed by atoms with Gasteiger partial charge in [-0.3, -0.25) is 4.79 Å². The molecule has 0 aromatic heterocycles. The average molecular weight is 191 g/mol. The Morgan fingerprint density at radius 1 is 1.15 bits per heavy atom. The number of ether oxygens (including phenoxy) is 2. The SMILES string of the molecule is COC(=O)N(CC(=O)O)C(=O)OC. The van der Waals surface area contributed by atoms with Crippen molar-refractivity contribution in [1.82, 2.24) is 4.90 Å². The van der Waals surface area contributed by atoms with Crippen LogP contribution in [-0.4, -0.2) is 48.9 Å². The van der Waals surface area contributed by atoms with E-state index in [9.17, 15) is 14.4 Å². The summed E-state index contributed by atoms with van der Waals surface area (Å²) < 4.78 is 8.32. The van der Waals surface area contributed by atoms with Gasteiger partial charge in [-0.2, -0.15) is 0 Å². The number of aliphatic carboxylic acids is 1. The molecule has 0 bridgehead atoms. The van der Waals surface area contributed by atoms with Crippen molar-refractivity contribution >= 4 is 18.2 Å². The topological polar surface area (TPSA) is 93.1 Å². The number of amides is 2. The highest BCUT2D eigenvalue weighted by molar-refractivity contribution is 5.91. The van der Waals surface area contributed by atoms with Crippen molar-refractivity contribution < 1.29 is 29.0 Å². The quantitative estimate of drug-likeness (QED) is 0.655. The molecule has 0 atom stereocenters. The van der Waals surface area contributed by atoms with E-state index in [0.29, 0.717) is 4.90 Å². The predicted octanol–water partition coefficient (Wildman–Crippen LogP) is -0.0942. The fraction of sp³-hybridized carbons (Fsp3) is 0.500. The maximum absolute atomic E-state index is 10.8. The largest absolute Gasteiger partial charge is 0.480 e. The molecule has 74 valence electrons. The zero-order valence-electron chi connectivity index (χ0n) is 7.14. The Hall–Kier alpha value is -1.79. The first-order chi connectivity index (χ1) is 6.02. The Kier molecular flexibility index (Phi) is 4.28. The summed E-state index contributed by atoms with van der Waals surface area (Å²) in [5, 5.41) is 8.32. The summed E-state index contributed by atoms with van der Waals surface area (Å²) in [7, 11) is 2.06. The van der Waals surface area contributed by atoms with Crippen LogP contribution in [0, 0.1) is 0 Å². The van der Waals surface area contributed by atoms with Crippen molar-refractivity contribution in [1.29, 1.82) is 0 Å². The highest BCUT2D eigenvalue weighted by atomic mass is 16.6. The first-order valence-corrected chi connectivity index (χ1v) is 3.18. The normalized spacial score (nSPS) is 8.77. The standard InChI is InChI=1S/C6H9NO6/c1-12-5(10)7(3-4(8)9)6(11)13-2/h3H2,1-2H3,(H,8,9). The van der Waals surface area contributed by atoms with Gasteiger partial charge in [-0.1, -0.05) is 0 Å². The van der Waals surface area contributed by atoms with Crippen molar-refractivity contribution in [2.75, 3.05) is 20.8 Å². The molecular weight excluding hydrogens is 182 g/mol. The summed E-state index contributed by atoms with van der Waals surface area (Å²) in [5.74, 6) is -1.34. The molecule has 0 spiro atoms. The molecule has 0 rings (SSSR count). The molecule has 0 saturated heterocycles. The summed E-state index contributed by atoms with van der Waals surface area (Å²) in [6, 6.07) is 0. The number of carboxylic acids is 1. The second-order valence-electron chi connectivity index (χ2n) is 1.92. The number of imide groups is 1. The molecule has 13 heavy (non-hydrogen) atoms. The lowest BCUT2D eigenvalue weighted by Crippen LogP contribution is -2.40. The maximum Gasteiger partial charge on any atom is 0.419 e. The van der Waals surface area contributed by atoms with Crippen molar-refractivity contribution in [3.05, 3.63) is 0 Å². The van der Waals surface area contributed by atoms with Gasteiger partial charge in [-0.15, -0.1) is 0 Å². The molecule has 0 radical (unpaired) electrons. The van der Waals surface area contributed by atoms with Crippen LogP contribution in [0.15, 0.2) is 0 Å². The van der Waals surface area contributed by atoms with Gasteiger partial charge in [-0.05, 0) is 0 Å². The molecular formula is C6H9NO6.